The van der Waals surface area contributed by atoms with Crippen molar-refractivity contribution < 1.29 is 9.47 Å². The predicted octanol–water partition coefficient (Wildman–Crippen LogP) is 3.59. The van der Waals surface area contributed by atoms with Crippen molar-refractivity contribution in [2.24, 2.45) is 4.99 Å². The molecule has 0 atom stereocenters. The number of hydrogen-bond donors (Lipinski definition) is 2. The molecule has 0 unspecified atom stereocenters. The van der Waals surface area contributed by atoms with Gasteiger partial charge in [0.2, 0.25) is 0 Å². The van der Waals surface area contributed by atoms with Crippen LogP contribution >= 0.6 is 24.0 Å². The number of nitrogens with zero attached hydrogens (tertiary/aromatic N) is 1. The Bertz CT molecular complexity index is 651. The van der Waals surface area contributed by atoms with Gasteiger partial charge in [0.25, 0.3) is 0 Å². The van der Waals surface area contributed by atoms with Crippen molar-refractivity contribution in [1.82, 2.24) is 10.6 Å². The zero-order valence-corrected chi connectivity index (χ0v) is 17.7. The fourth-order valence-corrected chi connectivity index (χ4v) is 2.29. The average molecular weight is 469 g/mol. The average Bonchev–Trinajstić information content (AvgIpc) is 2.66. The number of ether oxygens (including phenoxy) is 2. The smallest absolute Gasteiger partial charge is 0.191 e. The van der Waals surface area contributed by atoms with Gasteiger partial charge in [-0.25, -0.2) is 4.99 Å². The van der Waals surface area contributed by atoms with E-state index in [0.717, 1.165) is 23.8 Å². The second-order valence-corrected chi connectivity index (χ2v) is 5.51. The molecule has 26 heavy (non-hydrogen) atoms. The van der Waals surface area contributed by atoms with Crippen LogP contribution in [0.2, 0.25) is 0 Å². The maximum atomic E-state index is 5.68. The summed E-state index contributed by atoms with van der Waals surface area (Å²) in [7, 11) is 1.67. The van der Waals surface area contributed by atoms with Gasteiger partial charge < -0.3 is 20.1 Å². The number of hydrogen-bond acceptors (Lipinski definition) is 3. The molecule has 0 saturated carbocycles. The lowest BCUT2D eigenvalue weighted by Crippen LogP contribution is -2.38. The first-order chi connectivity index (χ1) is 12.3. The Hall–Kier alpha value is -1.80. The second-order valence-electron chi connectivity index (χ2n) is 5.51. The molecule has 0 aromatic heterocycles. The van der Waals surface area contributed by atoms with Gasteiger partial charge in [0.1, 0.15) is 5.75 Å². The summed E-state index contributed by atoms with van der Waals surface area (Å²) >= 11 is 0. The Morgan fingerprint density at radius 1 is 1.00 bits per heavy atom. The Labute approximate surface area is 173 Å². The summed E-state index contributed by atoms with van der Waals surface area (Å²) in [6.45, 7) is 5.41. The third-order valence-electron chi connectivity index (χ3n) is 3.55. The molecule has 6 heteroatoms. The molecular weight excluding hydrogens is 441 g/mol. The van der Waals surface area contributed by atoms with Crippen LogP contribution in [0.3, 0.4) is 0 Å². The fraction of sp³-hybridized carbons (Fsp3) is 0.350. The minimum absolute atomic E-state index is 0. The normalized spacial score (nSPS) is 10.8. The monoisotopic (exact) mass is 469 g/mol. The van der Waals surface area contributed by atoms with Crippen LogP contribution < -0.4 is 15.4 Å². The Kier molecular flexibility index (Phi) is 11.5. The van der Waals surface area contributed by atoms with Crippen molar-refractivity contribution in [2.45, 2.75) is 20.1 Å². The van der Waals surface area contributed by atoms with Crippen LogP contribution in [0, 0.1) is 0 Å². The van der Waals surface area contributed by atoms with E-state index in [-0.39, 0.29) is 24.0 Å². The predicted molar refractivity (Wildman–Crippen MR) is 117 cm³/mol. The minimum Gasteiger partial charge on any atom is -0.497 e. The van der Waals surface area contributed by atoms with Gasteiger partial charge in [-0.15, -0.1) is 24.0 Å². The van der Waals surface area contributed by atoms with Gasteiger partial charge in [0.05, 0.1) is 26.9 Å². The molecular formula is C20H28IN3O2. The van der Waals surface area contributed by atoms with Crippen LogP contribution in [0.5, 0.6) is 5.75 Å². The first-order valence-electron chi connectivity index (χ1n) is 8.58. The molecule has 0 aliphatic rings. The summed E-state index contributed by atoms with van der Waals surface area (Å²) in [5.74, 6) is 1.63. The summed E-state index contributed by atoms with van der Waals surface area (Å²) in [6, 6.07) is 18.1. The molecule has 142 valence electrons. The lowest BCUT2D eigenvalue weighted by molar-refractivity contribution is 0.125. The van der Waals surface area contributed by atoms with Gasteiger partial charge in [0.15, 0.2) is 5.96 Å². The summed E-state index contributed by atoms with van der Waals surface area (Å²) in [5.41, 5.74) is 2.29. The molecule has 0 fully saturated rings. The molecule has 2 aromatic carbocycles. The molecule has 2 rings (SSSR count). The number of guanidine groups is 1. The zero-order chi connectivity index (χ0) is 17.7. The van der Waals surface area contributed by atoms with Crippen LogP contribution in [0.25, 0.3) is 0 Å². The molecule has 0 saturated heterocycles. The summed E-state index contributed by atoms with van der Waals surface area (Å²) < 4.78 is 10.9. The molecule has 0 aliphatic heterocycles. The van der Waals surface area contributed by atoms with Gasteiger partial charge in [-0.3, -0.25) is 0 Å². The van der Waals surface area contributed by atoms with E-state index < -0.39 is 0 Å². The number of halogens is 1. The van der Waals surface area contributed by atoms with E-state index >= 15 is 0 Å². The van der Waals surface area contributed by atoms with Gasteiger partial charge in [0, 0.05) is 13.1 Å². The molecule has 0 bridgehead atoms. The highest BCUT2D eigenvalue weighted by Gasteiger charge is 1.99. The van der Waals surface area contributed by atoms with E-state index in [1.807, 2.05) is 42.5 Å². The highest BCUT2D eigenvalue weighted by Crippen LogP contribution is 2.13. The van der Waals surface area contributed by atoms with E-state index in [0.29, 0.717) is 26.3 Å². The van der Waals surface area contributed by atoms with E-state index in [9.17, 15) is 0 Å². The highest BCUT2D eigenvalue weighted by atomic mass is 127. The first-order valence-corrected chi connectivity index (χ1v) is 8.58. The molecule has 0 aliphatic carbocycles. The van der Waals surface area contributed by atoms with Gasteiger partial charge in [-0.1, -0.05) is 42.5 Å². The van der Waals surface area contributed by atoms with Crippen molar-refractivity contribution >= 4 is 29.9 Å². The molecule has 0 amide bonds. The number of benzene rings is 2. The van der Waals surface area contributed by atoms with E-state index in [1.54, 1.807) is 7.11 Å². The zero-order valence-electron chi connectivity index (χ0n) is 15.4. The van der Waals surface area contributed by atoms with E-state index in [2.05, 4.69) is 34.7 Å². The summed E-state index contributed by atoms with van der Waals surface area (Å²) in [4.78, 5) is 4.60. The van der Waals surface area contributed by atoms with Crippen LogP contribution in [0.1, 0.15) is 18.1 Å². The Balaban J connectivity index is 0.00000338. The standard InChI is InChI=1S/C20H27N3O2.HI/c1-3-21-20(23-15-18-10-7-11-19(14-18)24-2)22-12-13-25-16-17-8-5-4-6-9-17;/h4-11,14H,3,12-13,15-16H2,1-2H3,(H2,21,22,23);1H. The number of rotatable bonds is 9. The first kappa shape index (κ1) is 22.2. The second kappa shape index (κ2) is 13.4. The van der Waals surface area contributed by atoms with Crippen LogP contribution in [0.4, 0.5) is 0 Å². The van der Waals surface area contributed by atoms with Crippen molar-refractivity contribution in [2.75, 3.05) is 26.8 Å². The molecule has 0 radical (unpaired) electrons. The lowest BCUT2D eigenvalue weighted by Gasteiger charge is -2.12. The van der Waals surface area contributed by atoms with Crippen molar-refractivity contribution in [1.29, 1.82) is 0 Å². The summed E-state index contributed by atoms with van der Waals surface area (Å²) in [6.07, 6.45) is 0. The maximum absolute atomic E-state index is 5.68. The third kappa shape index (κ3) is 8.53. The van der Waals surface area contributed by atoms with E-state index in [4.69, 9.17) is 9.47 Å². The Morgan fingerprint density at radius 2 is 1.77 bits per heavy atom. The van der Waals surface area contributed by atoms with Gasteiger partial charge in [-0.2, -0.15) is 0 Å². The SMILES string of the molecule is CCNC(=NCc1cccc(OC)c1)NCCOCc1ccccc1.I. The summed E-state index contributed by atoms with van der Waals surface area (Å²) in [5, 5.41) is 6.53. The number of aliphatic imine (C=N–C) groups is 1. The van der Waals surface area contributed by atoms with Gasteiger partial charge in [-0.05, 0) is 30.2 Å². The molecule has 0 heterocycles. The van der Waals surface area contributed by atoms with Crippen molar-refractivity contribution in [3.63, 3.8) is 0 Å². The quantitative estimate of drug-likeness (QED) is 0.255. The number of nitrogens with one attached hydrogen (secondary N) is 2. The van der Waals surface area contributed by atoms with Crippen molar-refractivity contribution in [3.05, 3.63) is 65.7 Å². The van der Waals surface area contributed by atoms with Crippen LogP contribution in [0.15, 0.2) is 59.6 Å². The molecule has 0 spiro atoms. The highest BCUT2D eigenvalue weighted by molar-refractivity contribution is 14.0. The van der Waals surface area contributed by atoms with Crippen molar-refractivity contribution in [3.8, 4) is 5.75 Å². The topological polar surface area (TPSA) is 54.9 Å². The van der Waals surface area contributed by atoms with E-state index in [1.165, 1.54) is 5.56 Å². The largest absolute Gasteiger partial charge is 0.497 e. The lowest BCUT2D eigenvalue weighted by atomic mass is 10.2. The molecule has 2 N–H and O–H groups in total. The fourth-order valence-electron chi connectivity index (χ4n) is 2.29. The maximum Gasteiger partial charge on any atom is 0.191 e. The molecule has 2 aromatic rings. The Morgan fingerprint density at radius 3 is 2.50 bits per heavy atom. The van der Waals surface area contributed by atoms with Crippen LogP contribution in [-0.2, 0) is 17.9 Å². The molecule has 5 nitrogen and oxygen atoms in total. The third-order valence-corrected chi connectivity index (χ3v) is 3.55. The van der Waals surface area contributed by atoms with Crippen LogP contribution in [-0.4, -0.2) is 32.8 Å². The minimum atomic E-state index is 0. The number of methoxy groups -OCH3 is 1. The van der Waals surface area contributed by atoms with Gasteiger partial charge >= 0.3 is 0 Å².